The second-order valence-corrected chi connectivity index (χ2v) is 7.33. The molecule has 1 fully saturated rings. The van der Waals surface area contributed by atoms with E-state index in [0.717, 1.165) is 35.2 Å². The lowest BCUT2D eigenvalue weighted by Crippen LogP contribution is -2.53. The van der Waals surface area contributed by atoms with Crippen LogP contribution in [0.25, 0.3) is 10.9 Å². The van der Waals surface area contributed by atoms with E-state index in [4.69, 9.17) is 17.3 Å². The van der Waals surface area contributed by atoms with Crippen molar-refractivity contribution in [3.8, 4) is 0 Å². The Bertz CT molecular complexity index is 931. The van der Waals surface area contributed by atoms with Crippen LogP contribution in [-0.4, -0.2) is 53.2 Å². The number of hydrogen-bond donors (Lipinski definition) is 2. The lowest BCUT2D eigenvalue weighted by molar-refractivity contribution is -0.132. The van der Waals surface area contributed by atoms with Gasteiger partial charge in [-0.2, -0.15) is 5.10 Å². The third-order valence-corrected chi connectivity index (χ3v) is 5.32. The first-order valence-corrected chi connectivity index (χ1v) is 9.45. The third-order valence-electron chi connectivity index (χ3n) is 5.07. The maximum atomic E-state index is 12.7. The van der Waals surface area contributed by atoms with E-state index in [1.807, 2.05) is 41.4 Å². The Morgan fingerprint density at radius 1 is 1.15 bits per heavy atom. The quantitative estimate of drug-likeness (QED) is 0.725. The fourth-order valence-corrected chi connectivity index (χ4v) is 3.63. The molecular formula is C20H22ClN5O. The van der Waals surface area contributed by atoms with Crippen molar-refractivity contribution in [2.45, 2.75) is 12.5 Å². The predicted octanol–water partition coefficient (Wildman–Crippen LogP) is 2.43. The van der Waals surface area contributed by atoms with E-state index in [-0.39, 0.29) is 5.91 Å². The molecule has 1 aliphatic heterocycles. The van der Waals surface area contributed by atoms with Crippen LogP contribution in [0, 0.1) is 0 Å². The second kappa shape index (κ2) is 7.58. The monoisotopic (exact) mass is 383 g/mol. The van der Waals surface area contributed by atoms with Gasteiger partial charge in [-0.1, -0.05) is 23.7 Å². The molecule has 0 spiro atoms. The minimum atomic E-state index is -0.528. The highest BCUT2D eigenvalue weighted by molar-refractivity contribution is 6.30. The number of piperazine rings is 1. The zero-order chi connectivity index (χ0) is 18.8. The SMILES string of the molecule is N[C@H](Cc1ccc(Cl)cc1)C(=O)N1CCN(c2ccc3[nH]ncc3c2)CC1. The molecule has 0 aliphatic carbocycles. The fourth-order valence-electron chi connectivity index (χ4n) is 3.51. The minimum absolute atomic E-state index is 0.00915. The Balaban J connectivity index is 1.35. The molecule has 1 saturated heterocycles. The molecule has 7 heteroatoms. The molecule has 0 unspecified atom stereocenters. The number of anilines is 1. The largest absolute Gasteiger partial charge is 0.368 e. The Labute approximate surface area is 162 Å². The molecule has 27 heavy (non-hydrogen) atoms. The van der Waals surface area contributed by atoms with Crippen molar-refractivity contribution in [3.63, 3.8) is 0 Å². The van der Waals surface area contributed by atoms with E-state index in [9.17, 15) is 4.79 Å². The normalized spacial score (nSPS) is 15.9. The summed E-state index contributed by atoms with van der Waals surface area (Å²) in [5.41, 5.74) is 9.37. The van der Waals surface area contributed by atoms with Gasteiger partial charge >= 0.3 is 0 Å². The van der Waals surface area contributed by atoms with Crippen molar-refractivity contribution in [2.24, 2.45) is 5.73 Å². The van der Waals surface area contributed by atoms with E-state index in [1.54, 1.807) is 0 Å². The molecule has 1 amide bonds. The summed E-state index contributed by atoms with van der Waals surface area (Å²) in [5, 5.41) is 8.81. The highest BCUT2D eigenvalue weighted by atomic mass is 35.5. The fraction of sp³-hybridized carbons (Fsp3) is 0.300. The van der Waals surface area contributed by atoms with Gasteiger partial charge in [0.25, 0.3) is 0 Å². The van der Waals surface area contributed by atoms with Gasteiger partial charge in [0.1, 0.15) is 0 Å². The molecule has 1 atom stereocenters. The number of rotatable bonds is 4. The maximum Gasteiger partial charge on any atom is 0.239 e. The van der Waals surface area contributed by atoms with Crippen LogP contribution >= 0.6 is 11.6 Å². The summed E-state index contributed by atoms with van der Waals surface area (Å²) >= 11 is 5.91. The average molecular weight is 384 g/mol. The first-order chi connectivity index (χ1) is 13.1. The van der Waals surface area contributed by atoms with Gasteiger partial charge in [-0.3, -0.25) is 9.89 Å². The summed E-state index contributed by atoms with van der Waals surface area (Å²) in [5.74, 6) is 0.00915. The summed E-state index contributed by atoms with van der Waals surface area (Å²) < 4.78 is 0. The number of nitrogens with zero attached hydrogens (tertiary/aromatic N) is 3. The van der Waals surface area contributed by atoms with Crippen LogP contribution in [0.5, 0.6) is 0 Å². The van der Waals surface area contributed by atoms with Crippen molar-refractivity contribution in [2.75, 3.05) is 31.1 Å². The van der Waals surface area contributed by atoms with E-state index < -0.39 is 6.04 Å². The summed E-state index contributed by atoms with van der Waals surface area (Å²) in [6, 6.07) is 13.2. The number of nitrogens with two attached hydrogens (primary N) is 1. The van der Waals surface area contributed by atoms with Crippen LogP contribution < -0.4 is 10.6 Å². The van der Waals surface area contributed by atoms with E-state index in [0.29, 0.717) is 24.5 Å². The van der Waals surface area contributed by atoms with E-state index in [2.05, 4.69) is 27.2 Å². The number of fused-ring (bicyclic) bond motifs is 1. The molecule has 4 rings (SSSR count). The van der Waals surface area contributed by atoms with Gasteiger partial charge in [0.15, 0.2) is 0 Å². The first-order valence-electron chi connectivity index (χ1n) is 9.07. The number of aromatic nitrogens is 2. The van der Waals surface area contributed by atoms with Crippen molar-refractivity contribution in [1.82, 2.24) is 15.1 Å². The number of aromatic amines is 1. The lowest BCUT2D eigenvalue weighted by Gasteiger charge is -2.37. The van der Waals surface area contributed by atoms with Crippen LogP contribution in [0.2, 0.25) is 5.02 Å². The molecule has 6 nitrogen and oxygen atoms in total. The zero-order valence-corrected chi connectivity index (χ0v) is 15.7. The number of carbonyl (C=O) groups excluding carboxylic acids is 1. The Morgan fingerprint density at radius 3 is 2.63 bits per heavy atom. The summed E-state index contributed by atoms with van der Waals surface area (Å²) in [6.45, 7) is 2.94. The molecule has 0 saturated carbocycles. The smallest absolute Gasteiger partial charge is 0.239 e. The van der Waals surface area contributed by atoms with Gasteiger partial charge in [0.2, 0.25) is 5.91 Å². The van der Waals surface area contributed by atoms with Crippen molar-refractivity contribution in [3.05, 3.63) is 59.2 Å². The molecule has 0 radical (unpaired) electrons. The Hall–Kier alpha value is -2.57. The highest BCUT2D eigenvalue weighted by Gasteiger charge is 2.25. The van der Waals surface area contributed by atoms with Gasteiger partial charge in [-0.15, -0.1) is 0 Å². The van der Waals surface area contributed by atoms with Gasteiger partial charge < -0.3 is 15.5 Å². The van der Waals surface area contributed by atoms with Crippen molar-refractivity contribution >= 4 is 34.1 Å². The van der Waals surface area contributed by atoms with E-state index in [1.165, 1.54) is 0 Å². The Morgan fingerprint density at radius 2 is 1.89 bits per heavy atom. The van der Waals surface area contributed by atoms with E-state index >= 15 is 0 Å². The lowest BCUT2D eigenvalue weighted by atomic mass is 10.1. The molecule has 0 bridgehead atoms. The van der Waals surface area contributed by atoms with Gasteiger partial charge in [-0.05, 0) is 42.3 Å². The van der Waals surface area contributed by atoms with Crippen LogP contribution in [0.1, 0.15) is 5.56 Å². The summed E-state index contributed by atoms with van der Waals surface area (Å²) in [6.07, 6.45) is 2.35. The standard InChI is InChI=1S/C20H22ClN5O/c21-16-3-1-14(2-4-16)11-18(22)20(27)26-9-7-25(8-10-26)17-5-6-19-15(12-17)13-23-24-19/h1-6,12-13,18H,7-11,22H2,(H,23,24)/t18-/m1/s1. The molecule has 3 aromatic rings. The molecule has 1 aromatic heterocycles. The number of amides is 1. The van der Waals surface area contributed by atoms with Crippen LogP contribution in [0.3, 0.4) is 0 Å². The molecule has 3 N–H and O–H groups in total. The topological polar surface area (TPSA) is 78.3 Å². The van der Waals surface area contributed by atoms with Crippen molar-refractivity contribution < 1.29 is 4.79 Å². The first kappa shape index (κ1) is 17.8. The molecule has 1 aliphatic rings. The number of hydrogen-bond acceptors (Lipinski definition) is 4. The van der Waals surface area contributed by atoms with Gasteiger partial charge in [0.05, 0.1) is 17.8 Å². The Kier molecular flexibility index (Phi) is 5.01. The molecule has 2 heterocycles. The third kappa shape index (κ3) is 3.91. The number of H-pyrrole nitrogens is 1. The summed E-state index contributed by atoms with van der Waals surface area (Å²) in [7, 11) is 0. The summed E-state index contributed by atoms with van der Waals surface area (Å²) in [4.78, 5) is 16.9. The number of halogens is 1. The molecular weight excluding hydrogens is 362 g/mol. The highest BCUT2D eigenvalue weighted by Crippen LogP contribution is 2.22. The second-order valence-electron chi connectivity index (χ2n) is 6.89. The number of benzene rings is 2. The minimum Gasteiger partial charge on any atom is -0.368 e. The van der Waals surface area contributed by atoms with Gasteiger partial charge in [0, 0.05) is 42.3 Å². The number of nitrogens with one attached hydrogen (secondary N) is 1. The van der Waals surface area contributed by atoms with Crippen LogP contribution in [-0.2, 0) is 11.2 Å². The van der Waals surface area contributed by atoms with Crippen LogP contribution in [0.4, 0.5) is 5.69 Å². The van der Waals surface area contributed by atoms with Gasteiger partial charge in [-0.25, -0.2) is 0 Å². The van der Waals surface area contributed by atoms with Crippen LogP contribution in [0.15, 0.2) is 48.7 Å². The maximum absolute atomic E-state index is 12.7. The average Bonchev–Trinajstić information content (AvgIpc) is 3.17. The number of carbonyl (C=O) groups is 1. The zero-order valence-electron chi connectivity index (χ0n) is 14.9. The molecule has 2 aromatic carbocycles. The molecule has 140 valence electrons. The predicted molar refractivity (Wildman–Crippen MR) is 108 cm³/mol. The van der Waals surface area contributed by atoms with Crippen molar-refractivity contribution in [1.29, 1.82) is 0 Å².